The molecule has 5 nitrogen and oxygen atoms in total. The molecule has 0 aromatic heterocycles. The molecule has 0 bridgehead atoms. The highest BCUT2D eigenvalue weighted by Gasteiger charge is 2.15. The van der Waals surface area contributed by atoms with E-state index in [9.17, 15) is 4.79 Å². The molecule has 0 aliphatic carbocycles. The van der Waals surface area contributed by atoms with Gasteiger partial charge in [0, 0.05) is 9.13 Å². The van der Waals surface area contributed by atoms with Crippen LogP contribution in [0, 0.1) is 3.57 Å². The summed E-state index contributed by atoms with van der Waals surface area (Å²) in [5.41, 5.74) is 6.01. The largest absolute Gasteiger partial charge is 0.409 e. The van der Waals surface area contributed by atoms with Gasteiger partial charge in [0.1, 0.15) is 0 Å². The number of nitrogens with zero attached hydrogens (tertiary/aromatic N) is 1. The summed E-state index contributed by atoms with van der Waals surface area (Å²) in [6.45, 7) is 1.84. The molecule has 0 saturated heterocycles. The number of amides is 1. The van der Waals surface area contributed by atoms with Gasteiger partial charge in [0.25, 0.3) is 5.91 Å². The van der Waals surface area contributed by atoms with E-state index in [4.69, 9.17) is 10.9 Å². The van der Waals surface area contributed by atoms with Crippen LogP contribution in [0.1, 0.15) is 23.7 Å². The third-order valence-electron chi connectivity index (χ3n) is 2.29. The van der Waals surface area contributed by atoms with Crippen molar-refractivity contribution < 1.29 is 10.0 Å². The van der Waals surface area contributed by atoms with Gasteiger partial charge in [-0.25, -0.2) is 0 Å². The predicted molar refractivity (Wildman–Crippen MR) is 74.1 cm³/mol. The summed E-state index contributed by atoms with van der Waals surface area (Å²) in [5.74, 6) is -0.230. The third-order valence-corrected chi connectivity index (χ3v) is 3.01. The summed E-state index contributed by atoms with van der Waals surface area (Å²) in [5, 5.41) is 14.2. The maximum atomic E-state index is 11.8. The molecule has 6 heteroatoms. The molecule has 1 rings (SSSR count). The van der Waals surface area contributed by atoms with Crippen LogP contribution in [-0.2, 0) is 0 Å². The first-order chi connectivity index (χ1) is 8.08. The summed E-state index contributed by atoms with van der Waals surface area (Å²) in [7, 11) is 0. The second kappa shape index (κ2) is 6.43. The predicted octanol–water partition coefficient (Wildman–Crippen LogP) is 1.55. The fourth-order valence-corrected chi connectivity index (χ4v) is 1.66. The molecule has 17 heavy (non-hydrogen) atoms. The van der Waals surface area contributed by atoms with Crippen molar-refractivity contribution in [3.8, 4) is 0 Å². The smallest absolute Gasteiger partial charge is 0.251 e. The molecule has 0 radical (unpaired) electrons. The van der Waals surface area contributed by atoms with Gasteiger partial charge in [0.2, 0.25) is 0 Å². The molecule has 0 aliphatic rings. The zero-order valence-electron chi connectivity index (χ0n) is 9.35. The van der Waals surface area contributed by atoms with Crippen molar-refractivity contribution in [1.29, 1.82) is 0 Å². The van der Waals surface area contributed by atoms with Crippen LogP contribution < -0.4 is 11.1 Å². The van der Waals surface area contributed by atoms with Crippen LogP contribution in [0.3, 0.4) is 0 Å². The molecule has 0 fully saturated rings. The normalized spacial score (nSPS) is 13.2. The fraction of sp³-hybridized carbons (Fsp3) is 0.273. The van der Waals surface area contributed by atoms with E-state index in [0.717, 1.165) is 3.57 Å². The number of carbonyl (C=O) groups excluding carboxylic acids is 1. The van der Waals surface area contributed by atoms with Crippen LogP contribution in [0.15, 0.2) is 29.4 Å². The molecule has 1 aromatic rings. The number of nitrogens with two attached hydrogens (primary N) is 1. The first-order valence-corrected chi connectivity index (χ1v) is 6.20. The molecule has 4 N–H and O–H groups in total. The molecule has 0 spiro atoms. The number of rotatable bonds is 4. The highest BCUT2D eigenvalue weighted by atomic mass is 127. The topological polar surface area (TPSA) is 87.7 Å². The zero-order chi connectivity index (χ0) is 12.8. The molecular formula is C11H14IN3O2. The van der Waals surface area contributed by atoms with Crippen LogP contribution in [0.2, 0.25) is 0 Å². The van der Waals surface area contributed by atoms with E-state index in [1.165, 1.54) is 0 Å². The highest BCUT2D eigenvalue weighted by Crippen LogP contribution is 2.07. The van der Waals surface area contributed by atoms with E-state index in [1.54, 1.807) is 12.1 Å². The van der Waals surface area contributed by atoms with Gasteiger partial charge in [-0.2, -0.15) is 0 Å². The Morgan fingerprint density at radius 3 is 2.59 bits per heavy atom. The van der Waals surface area contributed by atoms with Crippen molar-refractivity contribution in [2.45, 2.75) is 19.4 Å². The van der Waals surface area contributed by atoms with Crippen molar-refractivity contribution in [2.24, 2.45) is 10.9 Å². The fourth-order valence-electron chi connectivity index (χ4n) is 1.30. The van der Waals surface area contributed by atoms with E-state index in [1.807, 2.05) is 19.1 Å². The summed E-state index contributed by atoms with van der Waals surface area (Å²) >= 11 is 2.17. The van der Waals surface area contributed by atoms with Crippen LogP contribution in [0.25, 0.3) is 0 Å². The quantitative estimate of drug-likeness (QED) is 0.254. The Bertz CT molecular complexity index is 417. The molecule has 1 unspecified atom stereocenters. The minimum Gasteiger partial charge on any atom is -0.409 e. The number of hydrogen-bond acceptors (Lipinski definition) is 3. The van der Waals surface area contributed by atoms with Crippen LogP contribution in [0.4, 0.5) is 0 Å². The van der Waals surface area contributed by atoms with E-state index < -0.39 is 6.04 Å². The lowest BCUT2D eigenvalue weighted by atomic mass is 10.1. The molecular weight excluding hydrogens is 333 g/mol. The Labute approximate surface area is 113 Å². The molecule has 0 heterocycles. The van der Waals surface area contributed by atoms with Gasteiger partial charge in [-0.05, 0) is 53.3 Å². The maximum absolute atomic E-state index is 11.8. The zero-order valence-corrected chi connectivity index (χ0v) is 11.5. The molecule has 0 saturated carbocycles. The van der Waals surface area contributed by atoms with E-state index in [-0.39, 0.29) is 11.7 Å². The molecule has 1 amide bonds. The molecule has 1 atom stereocenters. The van der Waals surface area contributed by atoms with Crippen molar-refractivity contribution in [1.82, 2.24) is 5.32 Å². The van der Waals surface area contributed by atoms with Gasteiger partial charge < -0.3 is 16.3 Å². The summed E-state index contributed by atoms with van der Waals surface area (Å²) in [4.78, 5) is 11.8. The summed E-state index contributed by atoms with van der Waals surface area (Å²) < 4.78 is 1.06. The van der Waals surface area contributed by atoms with Gasteiger partial charge in [0.15, 0.2) is 5.84 Å². The lowest BCUT2D eigenvalue weighted by molar-refractivity contribution is 0.0945. The monoisotopic (exact) mass is 347 g/mol. The van der Waals surface area contributed by atoms with Crippen LogP contribution in [0.5, 0.6) is 0 Å². The number of halogens is 1. The molecule has 0 aliphatic heterocycles. The third kappa shape index (κ3) is 3.88. The van der Waals surface area contributed by atoms with Crippen LogP contribution in [-0.4, -0.2) is 23.0 Å². The minimum absolute atomic E-state index is 0.00589. The van der Waals surface area contributed by atoms with Crippen molar-refractivity contribution in [3.05, 3.63) is 33.4 Å². The Morgan fingerprint density at radius 1 is 1.53 bits per heavy atom. The standard InChI is InChI=1S/C11H14IN3O2/c1-2-9(10(13)15-17)14-11(16)7-3-5-8(12)6-4-7/h3-6,9,17H,2H2,1H3,(H2,13,15)(H,14,16). The molecule has 92 valence electrons. The number of benzene rings is 1. The van der Waals surface area contributed by atoms with Gasteiger partial charge >= 0.3 is 0 Å². The summed E-state index contributed by atoms with van der Waals surface area (Å²) in [6.07, 6.45) is 0.562. The van der Waals surface area contributed by atoms with Gasteiger partial charge in [-0.1, -0.05) is 12.1 Å². The number of amidine groups is 1. The summed E-state index contributed by atoms with van der Waals surface area (Å²) in [6, 6.07) is 6.71. The van der Waals surface area contributed by atoms with Crippen molar-refractivity contribution in [3.63, 3.8) is 0 Å². The number of hydrogen-bond donors (Lipinski definition) is 3. The van der Waals surface area contributed by atoms with Gasteiger partial charge in [0.05, 0.1) is 6.04 Å². The van der Waals surface area contributed by atoms with Crippen LogP contribution >= 0.6 is 22.6 Å². The average Bonchev–Trinajstić information content (AvgIpc) is 2.35. The number of carbonyl (C=O) groups is 1. The average molecular weight is 347 g/mol. The Kier molecular flexibility index (Phi) is 5.20. The lowest BCUT2D eigenvalue weighted by Gasteiger charge is -2.15. The molecule has 1 aromatic carbocycles. The second-order valence-corrected chi connectivity index (χ2v) is 4.71. The highest BCUT2D eigenvalue weighted by molar-refractivity contribution is 14.1. The number of nitrogens with one attached hydrogen (secondary N) is 1. The maximum Gasteiger partial charge on any atom is 0.251 e. The van der Waals surface area contributed by atoms with Crippen molar-refractivity contribution in [2.75, 3.05) is 0 Å². The first kappa shape index (κ1) is 13.8. The first-order valence-electron chi connectivity index (χ1n) is 5.12. The number of oxime groups is 1. The van der Waals surface area contributed by atoms with Gasteiger partial charge in [-0.15, -0.1) is 0 Å². The minimum atomic E-state index is -0.452. The Balaban J connectivity index is 2.74. The van der Waals surface area contributed by atoms with E-state index >= 15 is 0 Å². The van der Waals surface area contributed by atoms with Crippen molar-refractivity contribution >= 4 is 34.3 Å². The van der Waals surface area contributed by atoms with E-state index in [2.05, 4.69) is 33.1 Å². The Hall–Kier alpha value is -1.31. The van der Waals surface area contributed by atoms with Gasteiger partial charge in [-0.3, -0.25) is 4.79 Å². The second-order valence-electron chi connectivity index (χ2n) is 3.47. The van der Waals surface area contributed by atoms with E-state index in [0.29, 0.717) is 12.0 Å². The Morgan fingerprint density at radius 2 is 2.12 bits per heavy atom. The lowest BCUT2D eigenvalue weighted by Crippen LogP contribution is -2.44. The SMILES string of the molecule is CCC(NC(=O)c1ccc(I)cc1)/C(N)=N/O.